The molecule has 0 fully saturated rings. The third kappa shape index (κ3) is 4.34. The third-order valence-corrected chi connectivity index (χ3v) is 3.52. The van der Waals surface area contributed by atoms with Gasteiger partial charge in [-0.25, -0.2) is 4.79 Å². The molecule has 0 saturated heterocycles. The number of carbonyl (C=O) groups is 2. The number of allylic oxidation sites excluding steroid dienone is 1. The maximum Gasteiger partial charge on any atom is 0.407 e. The monoisotopic (exact) mass is 289 g/mol. The molecule has 1 aliphatic carbocycles. The number of alkyl carbamates (subject to hydrolysis) is 1. The topological polar surface area (TPSA) is 75.6 Å². The van der Waals surface area contributed by atoms with Crippen molar-refractivity contribution in [1.82, 2.24) is 5.32 Å². The molecule has 3 atom stereocenters. The maximum atomic E-state index is 11.8. The smallest absolute Gasteiger partial charge is 0.407 e. The normalized spacial score (nSPS) is 24.3. The van der Waals surface area contributed by atoms with Gasteiger partial charge in [0, 0.05) is 0 Å². The van der Waals surface area contributed by atoms with E-state index in [2.05, 4.69) is 5.32 Å². The Hall–Kier alpha value is -2.30. The molecular weight excluding hydrogens is 270 g/mol. The van der Waals surface area contributed by atoms with Gasteiger partial charge >= 0.3 is 12.1 Å². The molecule has 1 amide bonds. The highest BCUT2D eigenvalue weighted by Gasteiger charge is 2.31. The molecule has 1 aromatic rings. The van der Waals surface area contributed by atoms with Crippen LogP contribution in [-0.2, 0) is 16.1 Å². The largest absolute Gasteiger partial charge is 0.481 e. The number of ether oxygens (including phenoxy) is 1. The zero-order valence-electron chi connectivity index (χ0n) is 11.9. The highest BCUT2D eigenvalue weighted by Crippen LogP contribution is 2.23. The summed E-state index contributed by atoms with van der Waals surface area (Å²) in [6, 6.07) is 8.80. The van der Waals surface area contributed by atoms with Gasteiger partial charge in [-0.05, 0) is 17.9 Å². The van der Waals surface area contributed by atoms with Crippen molar-refractivity contribution < 1.29 is 19.4 Å². The molecule has 0 aliphatic heterocycles. The minimum absolute atomic E-state index is 0.164. The van der Waals surface area contributed by atoms with E-state index in [0.29, 0.717) is 6.42 Å². The number of nitrogens with one attached hydrogen (secondary N) is 1. The molecule has 3 unspecified atom stereocenters. The second kappa shape index (κ2) is 6.92. The lowest BCUT2D eigenvalue weighted by molar-refractivity contribution is -0.142. The number of carbonyl (C=O) groups excluding carboxylic acids is 1. The second-order valence-electron chi connectivity index (χ2n) is 5.27. The predicted octanol–water partition coefficient (Wildman–Crippen LogP) is 2.58. The summed E-state index contributed by atoms with van der Waals surface area (Å²) in [6.45, 7) is 2.12. The van der Waals surface area contributed by atoms with E-state index in [-0.39, 0.29) is 12.5 Å². The van der Waals surface area contributed by atoms with Crippen LogP contribution in [-0.4, -0.2) is 23.2 Å². The van der Waals surface area contributed by atoms with Gasteiger partial charge in [-0.2, -0.15) is 0 Å². The van der Waals surface area contributed by atoms with Crippen molar-refractivity contribution in [1.29, 1.82) is 0 Å². The Morgan fingerprint density at radius 2 is 2.00 bits per heavy atom. The van der Waals surface area contributed by atoms with Crippen LogP contribution in [0.2, 0.25) is 0 Å². The summed E-state index contributed by atoms with van der Waals surface area (Å²) < 4.78 is 5.11. The molecule has 5 heteroatoms. The summed E-state index contributed by atoms with van der Waals surface area (Å²) in [6.07, 6.45) is 3.56. The van der Waals surface area contributed by atoms with Gasteiger partial charge in [0.1, 0.15) is 6.61 Å². The Morgan fingerprint density at radius 1 is 1.29 bits per heavy atom. The molecule has 1 aromatic carbocycles. The Balaban J connectivity index is 1.89. The van der Waals surface area contributed by atoms with Gasteiger partial charge in [0.25, 0.3) is 0 Å². The molecule has 0 saturated carbocycles. The van der Waals surface area contributed by atoms with Gasteiger partial charge < -0.3 is 15.2 Å². The fourth-order valence-corrected chi connectivity index (χ4v) is 2.37. The molecule has 1 aliphatic rings. The minimum atomic E-state index is -0.903. The lowest BCUT2D eigenvalue weighted by Crippen LogP contribution is -2.44. The Bertz CT molecular complexity index is 526. The van der Waals surface area contributed by atoms with Crippen molar-refractivity contribution in [2.45, 2.75) is 26.0 Å². The van der Waals surface area contributed by atoms with Crippen molar-refractivity contribution in [3.63, 3.8) is 0 Å². The van der Waals surface area contributed by atoms with Crippen LogP contribution in [0, 0.1) is 11.8 Å². The van der Waals surface area contributed by atoms with E-state index in [1.165, 1.54) is 0 Å². The zero-order chi connectivity index (χ0) is 15.2. The highest BCUT2D eigenvalue weighted by atomic mass is 16.5. The average molecular weight is 289 g/mol. The lowest BCUT2D eigenvalue weighted by Gasteiger charge is -2.27. The summed E-state index contributed by atoms with van der Waals surface area (Å²) in [5, 5.41) is 11.8. The summed E-state index contributed by atoms with van der Waals surface area (Å²) in [4.78, 5) is 23.0. The number of rotatable bonds is 4. The summed E-state index contributed by atoms with van der Waals surface area (Å²) in [5.41, 5.74) is 0.884. The molecule has 0 bridgehead atoms. The van der Waals surface area contributed by atoms with E-state index < -0.39 is 24.0 Å². The quantitative estimate of drug-likeness (QED) is 0.835. The number of aliphatic carboxylic acids is 1. The third-order valence-electron chi connectivity index (χ3n) is 3.52. The van der Waals surface area contributed by atoms with E-state index in [4.69, 9.17) is 4.74 Å². The van der Waals surface area contributed by atoms with Crippen LogP contribution < -0.4 is 5.32 Å². The summed E-state index contributed by atoms with van der Waals surface area (Å²) in [5.74, 6) is -1.32. The lowest BCUT2D eigenvalue weighted by atomic mass is 9.84. The van der Waals surface area contributed by atoms with Crippen LogP contribution in [0.25, 0.3) is 0 Å². The van der Waals surface area contributed by atoms with Crippen molar-refractivity contribution in [2.75, 3.05) is 0 Å². The van der Waals surface area contributed by atoms with E-state index in [9.17, 15) is 14.7 Å². The van der Waals surface area contributed by atoms with Gasteiger partial charge in [-0.3, -0.25) is 4.79 Å². The molecular formula is C16H19NO4. The Kier molecular flexibility index (Phi) is 4.98. The van der Waals surface area contributed by atoms with Crippen LogP contribution in [0.4, 0.5) is 4.79 Å². The number of carboxylic acids is 1. The Labute approximate surface area is 123 Å². The second-order valence-corrected chi connectivity index (χ2v) is 5.27. The molecule has 0 aromatic heterocycles. The zero-order valence-corrected chi connectivity index (χ0v) is 11.9. The van der Waals surface area contributed by atoms with Gasteiger partial charge in [0.15, 0.2) is 0 Å². The van der Waals surface area contributed by atoms with E-state index in [1.54, 1.807) is 6.08 Å². The fraction of sp³-hybridized carbons (Fsp3) is 0.375. The van der Waals surface area contributed by atoms with Gasteiger partial charge in [0.2, 0.25) is 0 Å². The Morgan fingerprint density at radius 3 is 2.67 bits per heavy atom. The van der Waals surface area contributed by atoms with Gasteiger partial charge in [-0.15, -0.1) is 0 Å². The first kappa shape index (κ1) is 15.1. The number of hydrogen-bond acceptors (Lipinski definition) is 3. The standard InChI is InChI=1S/C16H19NO4/c1-11-7-8-14(13(9-11)15(18)19)17-16(20)21-10-12-5-3-2-4-6-12/h2-8,11,13-14H,9-10H2,1H3,(H,17,20)(H,18,19). The predicted molar refractivity (Wildman–Crippen MR) is 77.6 cm³/mol. The van der Waals surface area contributed by atoms with Crippen LogP contribution in [0.15, 0.2) is 42.5 Å². The number of amides is 1. The summed E-state index contributed by atoms with van der Waals surface area (Å²) >= 11 is 0. The highest BCUT2D eigenvalue weighted by molar-refractivity contribution is 5.74. The molecule has 5 nitrogen and oxygen atoms in total. The number of benzene rings is 1. The van der Waals surface area contributed by atoms with Crippen LogP contribution in [0.1, 0.15) is 18.9 Å². The SMILES string of the molecule is CC1C=CC(NC(=O)OCc2ccccc2)C(C(=O)O)C1. The summed E-state index contributed by atoms with van der Waals surface area (Å²) in [7, 11) is 0. The van der Waals surface area contributed by atoms with E-state index >= 15 is 0 Å². The average Bonchev–Trinajstić information content (AvgIpc) is 2.48. The van der Waals surface area contributed by atoms with Crippen LogP contribution >= 0.6 is 0 Å². The number of carboxylic acid groups (broad SMARTS) is 1. The molecule has 0 spiro atoms. The van der Waals surface area contributed by atoms with Crippen molar-refractivity contribution in [3.8, 4) is 0 Å². The van der Waals surface area contributed by atoms with Crippen molar-refractivity contribution in [2.24, 2.45) is 11.8 Å². The van der Waals surface area contributed by atoms with Crippen LogP contribution in [0.5, 0.6) is 0 Å². The molecule has 2 N–H and O–H groups in total. The van der Waals surface area contributed by atoms with Crippen LogP contribution in [0.3, 0.4) is 0 Å². The minimum Gasteiger partial charge on any atom is -0.481 e. The van der Waals surface area contributed by atoms with Crippen molar-refractivity contribution >= 4 is 12.1 Å². The van der Waals surface area contributed by atoms with Gasteiger partial charge in [-0.1, -0.05) is 49.4 Å². The first-order chi connectivity index (χ1) is 10.1. The molecule has 21 heavy (non-hydrogen) atoms. The molecule has 0 heterocycles. The number of hydrogen-bond donors (Lipinski definition) is 2. The van der Waals surface area contributed by atoms with E-state index in [0.717, 1.165) is 5.56 Å². The maximum absolute atomic E-state index is 11.8. The molecule has 0 radical (unpaired) electrons. The first-order valence-corrected chi connectivity index (χ1v) is 6.94. The first-order valence-electron chi connectivity index (χ1n) is 6.94. The van der Waals surface area contributed by atoms with Gasteiger partial charge in [0.05, 0.1) is 12.0 Å². The fourth-order valence-electron chi connectivity index (χ4n) is 2.37. The molecule has 2 rings (SSSR count). The van der Waals surface area contributed by atoms with Crippen molar-refractivity contribution in [3.05, 3.63) is 48.0 Å². The molecule has 112 valence electrons. The van der Waals surface area contributed by atoms with E-state index in [1.807, 2.05) is 43.3 Å².